The molecule has 0 amide bonds. The van der Waals surface area contributed by atoms with Crippen molar-refractivity contribution in [3.8, 4) is 0 Å². The molecule has 0 radical (unpaired) electrons. The normalized spacial score (nSPS) is 10.4. The first kappa shape index (κ1) is 10.1. The lowest BCUT2D eigenvalue weighted by atomic mass is 9.93. The highest BCUT2D eigenvalue weighted by atomic mass is 16.5. The fraction of sp³-hybridized carbons (Fsp3) is 0.600. The molecule has 0 aromatic rings. The van der Waals surface area contributed by atoms with Gasteiger partial charge >= 0.3 is 28.0 Å². The van der Waals surface area contributed by atoms with Gasteiger partial charge in [0.05, 0.1) is 0 Å². The molecule has 0 fully saturated rings. The van der Waals surface area contributed by atoms with Crippen molar-refractivity contribution in [2.24, 2.45) is 5.41 Å². The van der Waals surface area contributed by atoms with Crippen LogP contribution in [0.5, 0.6) is 0 Å². The molecule has 0 aromatic carbocycles. The first-order valence-electron chi connectivity index (χ1n) is 3.13. The van der Waals surface area contributed by atoms with Gasteiger partial charge in [0, 0.05) is 0 Å². The molecule has 60 valence electrons. The van der Waals surface area contributed by atoms with Crippen LogP contribution in [-0.4, -0.2) is 28.0 Å². The Balaban J connectivity index is 4.44. The molecule has 0 aliphatic heterocycles. The number of hydrogen-bond acceptors (Lipinski definition) is 4. The molecular weight excluding hydrogens is 146 g/mol. The third-order valence-electron chi connectivity index (χ3n) is 1.39. The van der Waals surface area contributed by atoms with E-state index >= 15 is 0 Å². The Labute approximate surface area is 67.1 Å². The summed E-state index contributed by atoms with van der Waals surface area (Å²) in [6, 6.07) is 0. The average Bonchev–Trinajstić information content (AvgIpc) is 2.01. The van der Waals surface area contributed by atoms with Crippen molar-refractivity contribution < 1.29 is 18.9 Å². The van der Waals surface area contributed by atoms with Gasteiger partial charge < -0.3 is 9.31 Å². The molecule has 0 heterocycles. The van der Waals surface area contributed by atoms with Crippen LogP contribution in [0.1, 0.15) is 13.8 Å². The van der Waals surface area contributed by atoms with Crippen molar-refractivity contribution in [1.82, 2.24) is 0 Å². The molecule has 6 heteroatoms. The van der Waals surface area contributed by atoms with E-state index in [0.717, 1.165) is 0 Å². The topological polar surface area (TPSA) is 52.6 Å². The molecule has 0 atom stereocenters. The van der Waals surface area contributed by atoms with Gasteiger partial charge in [-0.25, -0.2) is 0 Å². The number of hydrogen-bond donors (Lipinski definition) is 0. The van der Waals surface area contributed by atoms with Crippen LogP contribution in [0.15, 0.2) is 0 Å². The Kier molecular flexibility index (Phi) is 3.17. The SMILES string of the molecule is BOC(=O)C(C)(C)C(=O)OB. The van der Waals surface area contributed by atoms with Crippen LogP contribution < -0.4 is 0 Å². The summed E-state index contributed by atoms with van der Waals surface area (Å²) in [5, 5.41) is 0. The lowest BCUT2D eigenvalue weighted by Crippen LogP contribution is -2.35. The molecule has 0 aromatic heterocycles. The van der Waals surface area contributed by atoms with Crippen molar-refractivity contribution >= 4 is 28.0 Å². The molecular formula is C5H10B2O4. The summed E-state index contributed by atoms with van der Waals surface area (Å²) in [5.74, 6) is -1.19. The highest BCUT2D eigenvalue weighted by Crippen LogP contribution is 2.17. The summed E-state index contributed by atoms with van der Waals surface area (Å²) in [7, 11) is 2.46. The molecule has 0 saturated carbocycles. The number of rotatable bonds is 2. The molecule has 0 spiro atoms. The van der Waals surface area contributed by atoms with Crippen LogP contribution in [0.25, 0.3) is 0 Å². The minimum absolute atomic E-state index is 0.593. The van der Waals surface area contributed by atoms with Crippen LogP contribution in [0.4, 0.5) is 0 Å². The van der Waals surface area contributed by atoms with Crippen molar-refractivity contribution in [1.29, 1.82) is 0 Å². The highest BCUT2D eigenvalue weighted by molar-refractivity contribution is 6.14. The Hall–Kier alpha value is -0.930. The maximum atomic E-state index is 10.9. The van der Waals surface area contributed by atoms with Gasteiger partial charge in [0.2, 0.25) is 0 Å². The minimum Gasteiger partial charge on any atom is -0.543 e. The summed E-state index contributed by atoms with van der Waals surface area (Å²) in [6.07, 6.45) is 0. The number of carbonyl (C=O) groups excluding carboxylic acids is 2. The van der Waals surface area contributed by atoms with Gasteiger partial charge in [0.25, 0.3) is 0 Å². The van der Waals surface area contributed by atoms with Crippen molar-refractivity contribution in [3.63, 3.8) is 0 Å². The Morgan fingerprint density at radius 1 is 1.09 bits per heavy atom. The Bertz CT molecular complexity index is 159. The van der Waals surface area contributed by atoms with Crippen LogP contribution in [-0.2, 0) is 18.9 Å². The lowest BCUT2D eigenvalue weighted by molar-refractivity contribution is -0.157. The second-order valence-electron chi connectivity index (χ2n) is 2.61. The predicted octanol–water partition coefficient (Wildman–Crippen LogP) is -1.80. The minimum atomic E-state index is -1.20. The van der Waals surface area contributed by atoms with E-state index in [1.807, 2.05) is 0 Å². The van der Waals surface area contributed by atoms with Crippen molar-refractivity contribution in [3.05, 3.63) is 0 Å². The quantitative estimate of drug-likeness (QED) is 0.349. The summed E-state index contributed by atoms with van der Waals surface area (Å²) >= 11 is 0. The molecule has 4 nitrogen and oxygen atoms in total. The fourth-order valence-corrected chi connectivity index (χ4v) is 0.594. The molecule has 0 aliphatic rings. The molecule has 0 unspecified atom stereocenters. The predicted molar refractivity (Wildman–Crippen MR) is 43.1 cm³/mol. The molecule has 0 N–H and O–H groups in total. The van der Waals surface area contributed by atoms with E-state index in [0.29, 0.717) is 0 Å². The highest BCUT2D eigenvalue weighted by Gasteiger charge is 2.37. The molecule has 0 bridgehead atoms. The Morgan fingerprint density at radius 3 is 1.55 bits per heavy atom. The van der Waals surface area contributed by atoms with Crippen LogP contribution in [0, 0.1) is 5.41 Å². The first-order chi connectivity index (χ1) is 4.96. The van der Waals surface area contributed by atoms with E-state index < -0.39 is 17.4 Å². The maximum absolute atomic E-state index is 10.9. The van der Waals surface area contributed by atoms with Gasteiger partial charge in [-0.15, -0.1) is 0 Å². The van der Waals surface area contributed by atoms with Gasteiger partial charge in [-0.2, -0.15) is 0 Å². The third kappa shape index (κ3) is 2.00. The van der Waals surface area contributed by atoms with E-state index in [-0.39, 0.29) is 0 Å². The smallest absolute Gasteiger partial charge is 0.326 e. The van der Waals surface area contributed by atoms with Crippen LogP contribution in [0.2, 0.25) is 0 Å². The zero-order valence-corrected chi connectivity index (χ0v) is 7.13. The Morgan fingerprint density at radius 2 is 1.36 bits per heavy atom. The standard InChI is InChI=1S/C5H10B2O4/c1-5(2,3(8)10-6)4(9)11-7/h6-7H2,1-2H3. The average molecular weight is 156 g/mol. The van der Waals surface area contributed by atoms with Gasteiger partial charge in [-0.3, -0.25) is 9.59 Å². The second kappa shape index (κ2) is 3.46. The third-order valence-corrected chi connectivity index (χ3v) is 1.39. The van der Waals surface area contributed by atoms with Gasteiger partial charge in [0.1, 0.15) is 0 Å². The van der Waals surface area contributed by atoms with Crippen LogP contribution >= 0.6 is 0 Å². The summed E-state index contributed by atoms with van der Waals surface area (Å²) < 4.78 is 8.80. The monoisotopic (exact) mass is 156 g/mol. The molecule has 11 heavy (non-hydrogen) atoms. The first-order valence-corrected chi connectivity index (χ1v) is 3.13. The summed E-state index contributed by atoms with van der Waals surface area (Å²) in [5.41, 5.74) is -1.20. The maximum Gasteiger partial charge on any atom is 0.326 e. The van der Waals surface area contributed by atoms with E-state index in [1.54, 1.807) is 0 Å². The van der Waals surface area contributed by atoms with Gasteiger partial charge in [-0.1, -0.05) is 0 Å². The summed E-state index contributed by atoms with van der Waals surface area (Å²) in [6.45, 7) is 2.90. The fourth-order valence-electron chi connectivity index (χ4n) is 0.594. The van der Waals surface area contributed by atoms with Gasteiger partial charge in [-0.05, 0) is 13.8 Å². The van der Waals surface area contributed by atoms with Gasteiger partial charge in [0.15, 0.2) is 5.41 Å². The van der Waals surface area contributed by atoms with Crippen LogP contribution in [0.3, 0.4) is 0 Å². The molecule has 0 aliphatic carbocycles. The largest absolute Gasteiger partial charge is 0.543 e. The van der Waals surface area contributed by atoms with E-state index in [2.05, 4.69) is 9.31 Å². The van der Waals surface area contributed by atoms with E-state index in [9.17, 15) is 9.59 Å². The zero-order chi connectivity index (χ0) is 9.07. The van der Waals surface area contributed by atoms with E-state index in [1.165, 1.54) is 29.9 Å². The molecule has 0 saturated heterocycles. The van der Waals surface area contributed by atoms with Crippen molar-refractivity contribution in [2.45, 2.75) is 13.8 Å². The second-order valence-corrected chi connectivity index (χ2v) is 2.61. The number of carbonyl (C=O) groups is 2. The lowest BCUT2D eigenvalue weighted by Gasteiger charge is -2.18. The zero-order valence-electron chi connectivity index (χ0n) is 7.13. The van der Waals surface area contributed by atoms with Crippen molar-refractivity contribution in [2.75, 3.05) is 0 Å². The van der Waals surface area contributed by atoms with E-state index in [4.69, 9.17) is 0 Å². The molecule has 0 rings (SSSR count). The summed E-state index contributed by atoms with van der Waals surface area (Å²) in [4.78, 5) is 21.8.